The highest BCUT2D eigenvalue weighted by molar-refractivity contribution is 8.27. The fourth-order valence-corrected chi connectivity index (χ4v) is 4.79. The van der Waals surface area contributed by atoms with E-state index in [1.54, 1.807) is 48.5 Å². The number of thioether (sulfide) groups is 1. The van der Waals surface area contributed by atoms with Crippen LogP contribution in [-0.4, -0.2) is 28.4 Å². The van der Waals surface area contributed by atoms with Gasteiger partial charge in [-0.1, -0.05) is 41.6 Å². The van der Waals surface area contributed by atoms with Crippen molar-refractivity contribution in [1.29, 1.82) is 0 Å². The number of amides is 1. The Labute approximate surface area is 198 Å². The van der Waals surface area contributed by atoms with Crippen LogP contribution in [0.1, 0.15) is 21.7 Å². The van der Waals surface area contributed by atoms with Gasteiger partial charge in [0.15, 0.2) is 4.32 Å². The Morgan fingerprint density at radius 2 is 2.00 bits per heavy atom. The van der Waals surface area contributed by atoms with Gasteiger partial charge in [0.2, 0.25) is 0 Å². The third-order valence-electron chi connectivity index (χ3n) is 4.83. The summed E-state index contributed by atoms with van der Waals surface area (Å²) in [6.07, 6.45) is 1.63. The van der Waals surface area contributed by atoms with Gasteiger partial charge in [-0.25, -0.2) is 4.79 Å². The first-order valence-electron chi connectivity index (χ1n) is 9.34. The van der Waals surface area contributed by atoms with E-state index in [-0.39, 0.29) is 11.5 Å². The summed E-state index contributed by atoms with van der Waals surface area (Å²) < 4.78 is 11.4. The number of carbonyl (C=O) groups is 2. The van der Waals surface area contributed by atoms with Crippen LogP contribution < -0.4 is 9.64 Å². The molecular formula is C23H16ClNO5S2. The molecule has 1 amide bonds. The molecule has 0 aliphatic carbocycles. The number of hydrogen-bond acceptors (Lipinski definition) is 6. The molecule has 0 radical (unpaired) electrons. The summed E-state index contributed by atoms with van der Waals surface area (Å²) in [5, 5.41) is 9.51. The van der Waals surface area contributed by atoms with Crippen LogP contribution in [0.4, 0.5) is 5.69 Å². The first-order chi connectivity index (χ1) is 15.3. The van der Waals surface area contributed by atoms with Crippen LogP contribution in [0.2, 0.25) is 5.02 Å². The molecule has 2 heterocycles. The van der Waals surface area contributed by atoms with Gasteiger partial charge in [-0.05, 0) is 55.0 Å². The summed E-state index contributed by atoms with van der Waals surface area (Å²) in [5.74, 6) is 0.297. The van der Waals surface area contributed by atoms with Crippen molar-refractivity contribution < 1.29 is 23.8 Å². The lowest BCUT2D eigenvalue weighted by Gasteiger charge is -2.15. The standard InChI is InChI=1S/C23H16ClNO5S2/c1-12-9-13(22(27)28)3-6-16(12)18-8-5-15(30-18)11-20-21(26)25(23(31)32-20)14-4-7-19(29-2)17(24)10-14/h3-11H,1-2H3,(H,27,28). The zero-order valence-corrected chi connectivity index (χ0v) is 19.3. The van der Waals surface area contributed by atoms with E-state index < -0.39 is 5.97 Å². The molecule has 1 aliphatic rings. The summed E-state index contributed by atoms with van der Waals surface area (Å²) in [6.45, 7) is 1.81. The fraction of sp³-hybridized carbons (Fsp3) is 0.0870. The van der Waals surface area contributed by atoms with Crippen LogP contribution in [0.5, 0.6) is 5.75 Å². The second-order valence-corrected chi connectivity index (χ2v) is 8.96. The van der Waals surface area contributed by atoms with Crippen LogP contribution >= 0.6 is 35.6 Å². The van der Waals surface area contributed by atoms with Gasteiger partial charge in [0.25, 0.3) is 5.91 Å². The maximum absolute atomic E-state index is 13.0. The molecule has 0 saturated carbocycles. The summed E-state index contributed by atoms with van der Waals surface area (Å²) in [7, 11) is 1.52. The molecule has 1 saturated heterocycles. The first-order valence-corrected chi connectivity index (χ1v) is 10.9. The van der Waals surface area contributed by atoms with Crippen LogP contribution in [0.15, 0.2) is 57.9 Å². The molecule has 0 atom stereocenters. The smallest absolute Gasteiger partial charge is 0.335 e. The first kappa shape index (κ1) is 22.1. The third kappa shape index (κ3) is 4.17. The molecule has 9 heteroatoms. The van der Waals surface area contributed by atoms with Crippen LogP contribution in [0.25, 0.3) is 17.4 Å². The predicted molar refractivity (Wildman–Crippen MR) is 129 cm³/mol. The topological polar surface area (TPSA) is 80.0 Å². The number of furan rings is 1. The van der Waals surface area contributed by atoms with E-state index in [0.717, 1.165) is 11.1 Å². The van der Waals surface area contributed by atoms with Crippen LogP contribution in [0.3, 0.4) is 0 Å². The number of carbonyl (C=O) groups excluding carboxylic acids is 1. The lowest BCUT2D eigenvalue weighted by molar-refractivity contribution is -0.113. The SMILES string of the molecule is COc1ccc(N2C(=O)C(=Cc3ccc(-c4ccc(C(=O)O)cc4C)o3)SC2=S)cc1Cl. The minimum absolute atomic E-state index is 0.209. The molecule has 6 nitrogen and oxygen atoms in total. The fourth-order valence-electron chi connectivity index (χ4n) is 3.26. The van der Waals surface area contributed by atoms with Crippen molar-refractivity contribution in [3.8, 4) is 17.1 Å². The number of aromatic carboxylic acids is 1. The second kappa shape index (κ2) is 8.82. The number of carboxylic acid groups (broad SMARTS) is 1. The molecule has 0 spiro atoms. The average Bonchev–Trinajstić information content (AvgIpc) is 3.32. The van der Waals surface area contributed by atoms with E-state index in [9.17, 15) is 9.59 Å². The zero-order valence-electron chi connectivity index (χ0n) is 16.9. The number of aryl methyl sites for hydroxylation is 1. The summed E-state index contributed by atoms with van der Waals surface area (Å²) in [5.41, 5.74) is 2.31. The van der Waals surface area contributed by atoms with Gasteiger partial charge in [-0.15, -0.1) is 0 Å². The number of anilines is 1. The molecule has 0 bridgehead atoms. The Bertz CT molecular complexity index is 1300. The molecule has 3 aromatic rings. The van der Waals surface area contributed by atoms with Gasteiger partial charge in [0.1, 0.15) is 17.3 Å². The molecule has 1 aliphatic heterocycles. The van der Waals surface area contributed by atoms with Gasteiger partial charge in [-0.3, -0.25) is 9.69 Å². The molecule has 0 unspecified atom stereocenters. The van der Waals surface area contributed by atoms with Crippen molar-refractivity contribution in [3.63, 3.8) is 0 Å². The summed E-state index contributed by atoms with van der Waals surface area (Å²) in [4.78, 5) is 26.0. The van der Waals surface area contributed by atoms with Gasteiger partial charge in [-0.2, -0.15) is 0 Å². The number of rotatable bonds is 5. The Balaban J connectivity index is 1.60. The lowest BCUT2D eigenvalue weighted by atomic mass is 10.0. The number of thiocarbonyl (C=S) groups is 1. The lowest BCUT2D eigenvalue weighted by Crippen LogP contribution is -2.27. The second-order valence-electron chi connectivity index (χ2n) is 6.87. The molecule has 32 heavy (non-hydrogen) atoms. The molecule has 1 aromatic heterocycles. The van der Waals surface area contributed by atoms with Crippen molar-refractivity contribution in [2.24, 2.45) is 0 Å². The van der Waals surface area contributed by atoms with Crippen LogP contribution in [-0.2, 0) is 4.79 Å². The number of halogens is 1. The Morgan fingerprint density at radius 1 is 1.22 bits per heavy atom. The predicted octanol–water partition coefficient (Wildman–Crippen LogP) is 6.02. The zero-order chi connectivity index (χ0) is 23.0. The van der Waals surface area contributed by atoms with E-state index in [2.05, 4.69) is 0 Å². The van der Waals surface area contributed by atoms with Crippen molar-refractivity contribution in [1.82, 2.24) is 0 Å². The maximum Gasteiger partial charge on any atom is 0.335 e. The Morgan fingerprint density at radius 3 is 2.66 bits per heavy atom. The van der Waals surface area contributed by atoms with E-state index in [0.29, 0.717) is 37.2 Å². The highest BCUT2D eigenvalue weighted by Gasteiger charge is 2.34. The minimum Gasteiger partial charge on any atom is -0.495 e. The summed E-state index contributed by atoms with van der Waals surface area (Å²) in [6, 6.07) is 13.4. The highest BCUT2D eigenvalue weighted by Crippen LogP contribution is 2.39. The molecule has 162 valence electrons. The van der Waals surface area contributed by atoms with E-state index in [1.807, 2.05) is 6.92 Å². The number of benzene rings is 2. The molecule has 1 N–H and O–H groups in total. The number of hydrogen-bond donors (Lipinski definition) is 1. The van der Waals surface area contributed by atoms with Crippen molar-refractivity contribution in [3.05, 3.63) is 75.3 Å². The van der Waals surface area contributed by atoms with E-state index >= 15 is 0 Å². The number of ether oxygens (including phenoxy) is 1. The number of nitrogens with zero attached hydrogens (tertiary/aromatic N) is 1. The quantitative estimate of drug-likeness (QED) is 0.349. The highest BCUT2D eigenvalue weighted by atomic mass is 35.5. The average molecular weight is 486 g/mol. The molecular weight excluding hydrogens is 470 g/mol. The van der Waals surface area contributed by atoms with Crippen LogP contribution in [0, 0.1) is 6.92 Å². The minimum atomic E-state index is -0.986. The van der Waals surface area contributed by atoms with Gasteiger partial charge in [0, 0.05) is 11.6 Å². The van der Waals surface area contributed by atoms with E-state index in [1.165, 1.54) is 29.8 Å². The van der Waals surface area contributed by atoms with Crippen molar-refractivity contribution >= 4 is 63.5 Å². The Hall–Kier alpha value is -3.07. The summed E-state index contributed by atoms with van der Waals surface area (Å²) >= 11 is 12.8. The van der Waals surface area contributed by atoms with Crippen molar-refractivity contribution in [2.75, 3.05) is 12.0 Å². The number of carboxylic acids is 1. The van der Waals surface area contributed by atoms with Gasteiger partial charge in [0.05, 0.1) is 28.3 Å². The largest absolute Gasteiger partial charge is 0.495 e. The monoisotopic (exact) mass is 485 g/mol. The molecule has 1 fully saturated rings. The number of methoxy groups -OCH3 is 1. The normalized spacial score (nSPS) is 15.0. The van der Waals surface area contributed by atoms with Crippen molar-refractivity contribution in [2.45, 2.75) is 6.92 Å². The van der Waals surface area contributed by atoms with E-state index in [4.69, 9.17) is 38.1 Å². The maximum atomic E-state index is 13.0. The molecule has 4 rings (SSSR count). The van der Waals surface area contributed by atoms with Gasteiger partial charge < -0.3 is 14.3 Å². The third-order valence-corrected chi connectivity index (χ3v) is 6.42. The van der Waals surface area contributed by atoms with Gasteiger partial charge >= 0.3 is 5.97 Å². The Kier molecular flexibility index (Phi) is 6.10. The molecule has 2 aromatic carbocycles.